The zero-order chi connectivity index (χ0) is 29.3. The van der Waals surface area contributed by atoms with Gasteiger partial charge in [-0.1, -0.05) is 78.4 Å². The molecule has 0 spiro atoms. The molecule has 0 aromatic carbocycles. The van der Waals surface area contributed by atoms with Gasteiger partial charge < -0.3 is 18.9 Å². The Bertz CT molecular complexity index is 760. The summed E-state index contributed by atoms with van der Waals surface area (Å²) < 4.78 is 20.9. The highest BCUT2D eigenvalue weighted by Crippen LogP contribution is 2.13. The van der Waals surface area contributed by atoms with Crippen molar-refractivity contribution in [2.75, 3.05) is 19.8 Å². The lowest BCUT2D eigenvalue weighted by Crippen LogP contribution is -2.29. The van der Waals surface area contributed by atoms with E-state index in [0.29, 0.717) is 6.42 Å². The van der Waals surface area contributed by atoms with Gasteiger partial charge in [-0.15, -0.1) is 0 Å². The largest absolute Gasteiger partial charge is 0.463 e. The van der Waals surface area contributed by atoms with Gasteiger partial charge in [-0.25, -0.2) is 9.59 Å². The summed E-state index contributed by atoms with van der Waals surface area (Å²) in [7, 11) is 0. The van der Waals surface area contributed by atoms with Crippen molar-refractivity contribution in [3.8, 4) is 0 Å². The van der Waals surface area contributed by atoms with E-state index in [4.69, 9.17) is 18.9 Å². The molecule has 0 fully saturated rings. The third kappa shape index (κ3) is 20.8. The molecule has 0 aromatic rings. The second-order valence-corrected chi connectivity index (χ2v) is 9.37. The maximum Gasteiger partial charge on any atom is 0.330 e. The van der Waals surface area contributed by atoms with Crippen molar-refractivity contribution in [1.82, 2.24) is 0 Å². The summed E-state index contributed by atoms with van der Waals surface area (Å²) in [6.07, 6.45) is 11.4. The van der Waals surface area contributed by atoms with Crippen LogP contribution in [0.15, 0.2) is 25.3 Å². The van der Waals surface area contributed by atoms with Gasteiger partial charge in [0, 0.05) is 25.0 Å². The topological polar surface area (TPSA) is 122 Å². The monoisotopic (exact) mass is 552 g/mol. The second-order valence-electron chi connectivity index (χ2n) is 9.37. The van der Waals surface area contributed by atoms with E-state index < -0.39 is 35.9 Å². The van der Waals surface area contributed by atoms with Gasteiger partial charge in [0.25, 0.3) is 0 Å². The van der Waals surface area contributed by atoms with Crippen LogP contribution < -0.4 is 0 Å². The van der Waals surface area contributed by atoms with Crippen molar-refractivity contribution in [2.45, 2.75) is 116 Å². The van der Waals surface area contributed by atoms with Gasteiger partial charge in [0.15, 0.2) is 11.9 Å². The molecule has 0 amide bonds. The molecule has 0 aliphatic rings. The predicted octanol–water partition coefficient (Wildman–Crippen LogP) is 5.38. The quantitative estimate of drug-likeness (QED) is 0.0602. The maximum atomic E-state index is 12.2. The molecule has 2 unspecified atom stereocenters. The van der Waals surface area contributed by atoms with E-state index >= 15 is 0 Å². The molecule has 0 aliphatic heterocycles. The molecule has 0 aliphatic carbocycles. The summed E-state index contributed by atoms with van der Waals surface area (Å²) in [5.74, 6) is -2.65. The third-order valence-corrected chi connectivity index (χ3v) is 6.03. The van der Waals surface area contributed by atoms with Crippen LogP contribution in [0.3, 0.4) is 0 Å². The number of rotatable bonds is 26. The average Bonchev–Trinajstić information content (AvgIpc) is 2.93. The van der Waals surface area contributed by atoms with Gasteiger partial charge in [0.2, 0.25) is 0 Å². The summed E-state index contributed by atoms with van der Waals surface area (Å²) in [5, 5.41) is 0. The van der Waals surface area contributed by atoms with Gasteiger partial charge in [0.1, 0.15) is 18.5 Å². The second kappa shape index (κ2) is 24.2. The minimum Gasteiger partial charge on any atom is -0.463 e. The first-order chi connectivity index (χ1) is 18.8. The van der Waals surface area contributed by atoms with E-state index in [1.165, 1.54) is 38.5 Å². The van der Waals surface area contributed by atoms with Crippen LogP contribution in [0.25, 0.3) is 0 Å². The standard InChI is InChI=1S/C30H48O9/c1-5-9-10-11-12-13-14-15-16-17-25(38-28(33)7-3)23-36-20-21-37-30(35)19-18-24(31)22-27(26(32)6-2)39-29(34)8-4/h7-8,25,27H,3-6,9-23H2,1-2H3. The Labute approximate surface area is 233 Å². The highest BCUT2D eigenvalue weighted by atomic mass is 16.6. The summed E-state index contributed by atoms with van der Waals surface area (Å²) in [6.45, 7) is 10.8. The number of carbonyl (C=O) groups excluding carboxylic acids is 5. The smallest absolute Gasteiger partial charge is 0.330 e. The van der Waals surface area contributed by atoms with Crippen LogP contribution in [0.2, 0.25) is 0 Å². The molecular weight excluding hydrogens is 504 g/mol. The Morgan fingerprint density at radius 1 is 0.744 bits per heavy atom. The van der Waals surface area contributed by atoms with Crippen LogP contribution in [0, 0.1) is 0 Å². The molecule has 222 valence electrons. The van der Waals surface area contributed by atoms with Crippen molar-refractivity contribution in [2.24, 2.45) is 0 Å². The fourth-order valence-electron chi connectivity index (χ4n) is 3.76. The average molecular weight is 553 g/mol. The van der Waals surface area contributed by atoms with Gasteiger partial charge in [-0.2, -0.15) is 0 Å². The van der Waals surface area contributed by atoms with Crippen molar-refractivity contribution in [3.63, 3.8) is 0 Å². The number of carbonyl (C=O) groups is 5. The molecule has 39 heavy (non-hydrogen) atoms. The van der Waals surface area contributed by atoms with Crippen LogP contribution in [0.5, 0.6) is 0 Å². The first-order valence-corrected chi connectivity index (χ1v) is 14.2. The van der Waals surface area contributed by atoms with Gasteiger partial charge in [0.05, 0.1) is 26.1 Å². The Balaban J connectivity index is 4.20. The minimum atomic E-state index is -1.18. The van der Waals surface area contributed by atoms with E-state index in [1.807, 2.05) is 0 Å². The van der Waals surface area contributed by atoms with E-state index in [0.717, 1.165) is 31.4 Å². The van der Waals surface area contributed by atoms with Crippen molar-refractivity contribution >= 4 is 29.5 Å². The number of esters is 3. The normalized spacial score (nSPS) is 12.2. The molecule has 0 saturated heterocycles. The van der Waals surface area contributed by atoms with Crippen LogP contribution >= 0.6 is 0 Å². The minimum absolute atomic E-state index is 0.0128. The van der Waals surface area contributed by atoms with Crippen LogP contribution in [0.1, 0.15) is 104 Å². The molecule has 0 bridgehead atoms. The number of Topliss-reactive ketones (excluding diaryl/α,β-unsaturated/α-hetero) is 2. The van der Waals surface area contributed by atoms with Crippen LogP contribution in [0.4, 0.5) is 0 Å². The third-order valence-electron chi connectivity index (χ3n) is 6.03. The lowest BCUT2D eigenvalue weighted by atomic mass is 10.0. The maximum absolute atomic E-state index is 12.2. The number of unbranched alkanes of at least 4 members (excludes halogenated alkanes) is 8. The Morgan fingerprint density at radius 2 is 1.33 bits per heavy atom. The highest BCUT2D eigenvalue weighted by molar-refractivity contribution is 5.93. The Morgan fingerprint density at radius 3 is 1.92 bits per heavy atom. The summed E-state index contributed by atoms with van der Waals surface area (Å²) >= 11 is 0. The fourth-order valence-corrected chi connectivity index (χ4v) is 3.76. The number of ketones is 2. The van der Waals surface area contributed by atoms with E-state index in [9.17, 15) is 24.0 Å². The predicted molar refractivity (Wildman–Crippen MR) is 148 cm³/mol. The lowest BCUT2D eigenvalue weighted by Gasteiger charge is -2.17. The van der Waals surface area contributed by atoms with Crippen LogP contribution in [-0.2, 0) is 42.9 Å². The molecule has 0 radical (unpaired) electrons. The molecule has 9 nitrogen and oxygen atoms in total. The zero-order valence-electron chi connectivity index (χ0n) is 23.9. The number of hydrogen-bond donors (Lipinski definition) is 0. The SMILES string of the molecule is C=CC(=O)OC(CCCCCCCCCCC)COCCOC(=O)CCC(=O)CC(OC(=O)C=C)C(=O)CC. The Kier molecular flexibility index (Phi) is 22.5. The van der Waals surface area contributed by atoms with Crippen molar-refractivity contribution in [1.29, 1.82) is 0 Å². The molecule has 9 heteroatoms. The van der Waals surface area contributed by atoms with E-state index in [1.54, 1.807) is 6.92 Å². The molecule has 0 aromatic heterocycles. The Hall–Kier alpha value is -2.81. The molecule has 0 N–H and O–H groups in total. The van der Waals surface area contributed by atoms with E-state index in [2.05, 4.69) is 20.1 Å². The van der Waals surface area contributed by atoms with Gasteiger partial charge in [-0.05, 0) is 12.8 Å². The molecule has 0 rings (SSSR count). The van der Waals surface area contributed by atoms with Crippen molar-refractivity contribution in [3.05, 3.63) is 25.3 Å². The molecule has 2 atom stereocenters. The first kappa shape index (κ1) is 36.2. The van der Waals surface area contributed by atoms with Crippen molar-refractivity contribution < 1.29 is 42.9 Å². The molecule has 0 heterocycles. The lowest BCUT2D eigenvalue weighted by molar-refractivity contribution is -0.153. The summed E-state index contributed by atoms with van der Waals surface area (Å²) in [4.78, 5) is 59.0. The molecule has 0 saturated carbocycles. The summed E-state index contributed by atoms with van der Waals surface area (Å²) in [5.41, 5.74) is 0. The first-order valence-electron chi connectivity index (χ1n) is 14.2. The van der Waals surface area contributed by atoms with E-state index in [-0.39, 0.29) is 51.3 Å². The zero-order valence-corrected chi connectivity index (χ0v) is 23.9. The van der Waals surface area contributed by atoms with Crippen LogP contribution in [-0.4, -0.2) is 61.5 Å². The number of ether oxygens (including phenoxy) is 4. The highest BCUT2D eigenvalue weighted by Gasteiger charge is 2.24. The van der Waals surface area contributed by atoms with Gasteiger partial charge in [-0.3, -0.25) is 14.4 Å². The van der Waals surface area contributed by atoms with Gasteiger partial charge >= 0.3 is 17.9 Å². The summed E-state index contributed by atoms with van der Waals surface area (Å²) in [6, 6.07) is 0. The number of hydrogen-bond acceptors (Lipinski definition) is 9. The molecular formula is C30H48O9. The fraction of sp³-hybridized carbons (Fsp3) is 0.700.